The van der Waals surface area contributed by atoms with E-state index in [9.17, 15) is 0 Å². The molecular formula is C12H16Cl2N2. The van der Waals surface area contributed by atoms with Crippen molar-refractivity contribution in [1.82, 2.24) is 5.43 Å². The van der Waals surface area contributed by atoms with Gasteiger partial charge < -0.3 is 0 Å². The van der Waals surface area contributed by atoms with Gasteiger partial charge in [0.05, 0.1) is 10.0 Å². The minimum atomic E-state index is 0.157. The number of hydrogen-bond acceptors (Lipinski definition) is 2. The second-order valence-corrected chi connectivity index (χ2v) is 5.93. The van der Waals surface area contributed by atoms with Gasteiger partial charge >= 0.3 is 0 Å². The van der Waals surface area contributed by atoms with Gasteiger partial charge in [0.1, 0.15) is 0 Å². The van der Waals surface area contributed by atoms with Crippen LogP contribution in [0.15, 0.2) is 18.2 Å². The second kappa shape index (κ2) is 4.19. The van der Waals surface area contributed by atoms with Crippen LogP contribution in [0.3, 0.4) is 0 Å². The van der Waals surface area contributed by atoms with Crippen LogP contribution in [-0.2, 0) is 0 Å². The number of hydrogen-bond donors (Lipinski definition) is 2. The first kappa shape index (κ1) is 12.2. The maximum atomic E-state index is 6.01. The van der Waals surface area contributed by atoms with Crippen LogP contribution in [0.1, 0.15) is 31.9 Å². The summed E-state index contributed by atoms with van der Waals surface area (Å²) in [7, 11) is 0. The van der Waals surface area contributed by atoms with E-state index in [0.29, 0.717) is 21.4 Å². The Morgan fingerprint density at radius 3 is 2.44 bits per heavy atom. The topological polar surface area (TPSA) is 38.0 Å². The minimum absolute atomic E-state index is 0.157. The molecule has 0 saturated heterocycles. The summed E-state index contributed by atoms with van der Waals surface area (Å²) in [5, 5.41) is 1.16. The predicted molar refractivity (Wildman–Crippen MR) is 68.4 cm³/mol. The second-order valence-electron chi connectivity index (χ2n) is 5.12. The van der Waals surface area contributed by atoms with E-state index < -0.39 is 0 Å². The van der Waals surface area contributed by atoms with Crippen molar-refractivity contribution in [3.05, 3.63) is 33.8 Å². The molecule has 16 heavy (non-hydrogen) atoms. The Morgan fingerprint density at radius 2 is 2.00 bits per heavy atom. The standard InChI is InChI=1S/C12H16Cl2N2/c1-12(2)6-8(12)11(16-15)7-3-4-9(13)10(14)5-7/h3-5,8,11,16H,6,15H2,1-2H3. The Kier molecular flexibility index (Phi) is 3.19. The Bertz CT molecular complexity index is 404. The molecule has 1 saturated carbocycles. The van der Waals surface area contributed by atoms with Gasteiger partial charge in [0, 0.05) is 6.04 Å². The molecule has 1 aromatic carbocycles. The molecule has 0 spiro atoms. The number of nitrogens with two attached hydrogens (primary N) is 1. The fourth-order valence-electron chi connectivity index (χ4n) is 2.23. The monoisotopic (exact) mass is 258 g/mol. The Morgan fingerprint density at radius 1 is 1.38 bits per heavy atom. The third-order valence-electron chi connectivity index (χ3n) is 3.47. The first-order chi connectivity index (χ1) is 7.45. The molecule has 0 aliphatic heterocycles. The number of nitrogens with one attached hydrogen (secondary N) is 1. The van der Waals surface area contributed by atoms with Gasteiger partial charge in [-0.15, -0.1) is 0 Å². The zero-order valence-corrected chi connectivity index (χ0v) is 10.9. The highest BCUT2D eigenvalue weighted by molar-refractivity contribution is 6.42. The molecule has 1 aromatic rings. The summed E-state index contributed by atoms with van der Waals surface area (Å²) < 4.78 is 0. The Labute approximate surface area is 106 Å². The molecule has 1 aliphatic rings. The molecule has 0 aromatic heterocycles. The molecule has 3 N–H and O–H groups in total. The summed E-state index contributed by atoms with van der Waals surface area (Å²) >= 11 is 11.9. The van der Waals surface area contributed by atoms with Crippen LogP contribution in [-0.4, -0.2) is 0 Å². The molecule has 2 unspecified atom stereocenters. The summed E-state index contributed by atoms with van der Waals surface area (Å²) in [6.07, 6.45) is 1.18. The van der Waals surface area contributed by atoms with Gasteiger partial charge in [-0.05, 0) is 35.4 Å². The summed E-state index contributed by atoms with van der Waals surface area (Å²) in [5.74, 6) is 6.19. The van der Waals surface area contributed by atoms with Gasteiger partial charge in [-0.3, -0.25) is 11.3 Å². The van der Waals surface area contributed by atoms with Crippen LogP contribution >= 0.6 is 23.2 Å². The van der Waals surface area contributed by atoms with E-state index in [1.54, 1.807) is 0 Å². The van der Waals surface area contributed by atoms with Gasteiger partial charge in [0.2, 0.25) is 0 Å². The van der Waals surface area contributed by atoms with Crippen LogP contribution in [0.2, 0.25) is 10.0 Å². The van der Waals surface area contributed by atoms with Gasteiger partial charge in [-0.25, -0.2) is 0 Å². The molecule has 0 bridgehead atoms. The van der Waals surface area contributed by atoms with E-state index in [-0.39, 0.29) is 6.04 Å². The lowest BCUT2D eigenvalue weighted by atomic mass is 9.98. The van der Waals surface area contributed by atoms with Crippen molar-refractivity contribution in [3.63, 3.8) is 0 Å². The highest BCUT2D eigenvalue weighted by Crippen LogP contribution is 2.57. The molecular weight excluding hydrogens is 243 g/mol. The maximum Gasteiger partial charge on any atom is 0.0595 e. The largest absolute Gasteiger partial charge is 0.271 e. The minimum Gasteiger partial charge on any atom is -0.271 e. The van der Waals surface area contributed by atoms with Gasteiger partial charge in [0.25, 0.3) is 0 Å². The summed E-state index contributed by atoms with van der Waals surface area (Å²) in [4.78, 5) is 0. The molecule has 88 valence electrons. The fourth-order valence-corrected chi connectivity index (χ4v) is 2.53. The van der Waals surface area contributed by atoms with Crippen LogP contribution in [0.25, 0.3) is 0 Å². The molecule has 2 atom stereocenters. The SMILES string of the molecule is CC1(C)CC1C(NN)c1ccc(Cl)c(Cl)c1. The van der Waals surface area contributed by atoms with Gasteiger partial charge in [-0.2, -0.15) is 0 Å². The van der Waals surface area contributed by atoms with E-state index in [1.807, 2.05) is 18.2 Å². The average Bonchev–Trinajstić information content (AvgIpc) is 2.82. The van der Waals surface area contributed by atoms with Crippen molar-refractivity contribution in [2.75, 3.05) is 0 Å². The lowest BCUT2D eigenvalue weighted by Gasteiger charge is -2.18. The van der Waals surface area contributed by atoms with Crippen molar-refractivity contribution >= 4 is 23.2 Å². The number of hydrazine groups is 1. The zero-order chi connectivity index (χ0) is 11.9. The van der Waals surface area contributed by atoms with E-state index in [2.05, 4.69) is 19.3 Å². The Balaban J connectivity index is 2.24. The number of rotatable bonds is 3. The number of halogens is 2. The van der Waals surface area contributed by atoms with Crippen LogP contribution < -0.4 is 11.3 Å². The summed E-state index contributed by atoms with van der Waals surface area (Å²) in [5.41, 5.74) is 4.35. The number of benzene rings is 1. The maximum absolute atomic E-state index is 6.01. The first-order valence-electron chi connectivity index (χ1n) is 5.37. The molecule has 0 radical (unpaired) electrons. The van der Waals surface area contributed by atoms with E-state index in [0.717, 1.165) is 5.56 Å². The zero-order valence-electron chi connectivity index (χ0n) is 9.43. The van der Waals surface area contributed by atoms with Gasteiger partial charge in [0.15, 0.2) is 0 Å². The molecule has 0 amide bonds. The average molecular weight is 259 g/mol. The highest BCUT2D eigenvalue weighted by atomic mass is 35.5. The van der Waals surface area contributed by atoms with Crippen LogP contribution in [0, 0.1) is 11.3 Å². The van der Waals surface area contributed by atoms with Crippen molar-refractivity contribution in [2.24, 2.45) is 17.2 Å². The van der Waals surface area contributed by atoms with E-state index in [4.69, 9.17) is 29.0 Å². The third kappa shape index (κ3) is 2.21. The molecule has 4 heteroatoms. The molecule has 2 nitrogen and oxygen atoms in total. The fraction of sp³-hybridized carbons (Fsp3) is 0.500. The summed E-state index contributed by atoms with van der Waals surface area (Å²) in [6, 6.07) is 5.85. The van der Waals surface area contributed by atoms with Crippen molar-refractivity contribution < 1.29 is 0 Å². The van der Waals surface area contributed by atoms with E-state index >= 15 is 0 Å². The predicted octanol–water partition coefficient (Wildman–Crippen LogP) is 3.54. The Hall–Kier alpha value is -0.280. The first-order valence-corrected chi connectivity index (χ1v) is 6.12. The molecule has 0 heterocycles. The van der Waals surface area contributed by atoms with E-state index in [1.165, 1.54) is 6.42 Å². The third-order valence-corrected chi connectivity index (χ3v) is 4.21. The van der Waals surface area contributed by atoms with Gasteiger partial charge in [-0.1, -0.05) is 43.1 Å². The molecule has 2 rings (SSSR count). The lowest BCUT2D eigenvalue weighted by Crippen LogP contribution is -2.30. The summed E-state index contributed by atoms with van der Waals surface area (Å²) in [6.45, 7) is 4.50. The molecule has 1 aliphatic carbocycles. The molecule has 1 fully saturated rings. The van der Waals surface area contributed by atoms with Crippen molar-refractivity contribution in [2.45, 2.75) is 26.3 Å². The van der Waals surface area contributed by atoms with Crippen LogP contribution in [0.5, 0.6) is 0 Å². The quantitative estimate of drug-likeness (QED) is 0.643. The van der Waals surface area contributed by atoms with Crippen LogP contribution in [0.4, 0.5) is 0 Å². The van der Waals surface area contributed by atoms with Crippen molar-refractivity contribution in [1.29, 1.82) is 0 Å². The van der Waals surface area contributed by atoms with Crippen molar-refractivity contribution in [3.8, 4) is 0 Å². The highest BCUT2D eigenvalue weighted by Gasteiger charge is 2.50. The smallest absolute Gasteiger partial charge is 0.0595 e. The lowest BCUT2D eigenvalue weighted by molar-refractivity contribution is 0.423. The normalized spacial score (nSPS) is 24.2.